The molecule has 8 heteroatoms. The molecular weight excluding hydrogens is 463 g/mol. The van der Waals surface area contributed by atoms with Gasteiger partial charge in [-0.25, -0.2) is 0 Å². The molecule has 0 fully saturated rings. The summed E-state index contributed by atoms with van der Waals surface area (Å²) in [7, 11) is 0. The van der Waals surface area contributed by atoms with Crippen LogP contribution in [0.2, 0.25) is 10.0 Å². The lowest BCUT2D eigenvalue weighted by Crippen LogP contribution is -2.49. The molecule has 1 aliphatic heterocycles. The molecular formula is C25H30Cl2N2O4. The van der Waals surface area contributed by atoms with Crippen molar-refractivity contribution in [2.75, 3.05) is 13.3 Å². The Balaban J connectivity index is 1.75. The number of nitrogens with one attached hydrogen (secondary N) is 1. The Kier molecular flexibility index (Phi) is 9.27. The monoisotopic (exact) mass is 492 g/mol. The van der Waals surface area contributed by atoms with Gasteiger partial charge in [0, 0.05) is 19.5 Å². The average Bonchev–Trinajstić information content (AvgIpc) is 3.28. The maximum absolute atomic E-state index is 13.4. The van der Waals surface area contributed by atoms with Crippen molar-refractivity contribution in [2.24, 2.45) is 0 Å². The van der Waals surface area contributed by atoms with E-state index in [1.165, 1.54) is 0 Å². The molecule has 1 atom stereocenters. The van der Waals surface area contributed by atoms with Crippen LogP contribution >= 0.6 is 23.2 Å². The molecule has 0 bridgehead atoms. The smallest absolute Gasteiger partial charge is 0.242 e. The van der Waals surface area contributed by atoms with Gasteiger partial charge in [0.1, 0.15) is 6.04 Å². The number of amides is 2. The second-order valence-corrected chi connectivity index (χ2v) is 8.84. The first-order valence-electron chi connectivity index (χ1n) is 11.3. The van der Waals surface area contributed by atoms with E-state index in [9.17, 15) is 9.59 Å². The van der Waals surface area contributed by atoms with Gasteiger partial charge >= 0.3 is 0 Å². The van der Waals surface area contributed by atoms with E-state index in [4.69, 9.17) is 32.7 Å². The van der Waals surface area contributed by atoms with Gasteiger partial charge in [0.05, 0.1) is 10.0 Å². The summed E-state index contributed by atoms with van der Waals surface area (Å²) in [5.74, 6) is 1.16. The topological polar surface area (TPSA) is 67.9 Å². The van der Waals surface area contributed by atoms with Gasteiger partial charge in [-0.2, -0.15) is 0 Å². The fourth-order valence-corrected chi connectivity index (χ4v) is 4.07. The zero-order chi connectivity index (χ0) is 23.8. The van der Waals surface area contributed by atoms with Gasteiger partial charge in [-0.3, -0.25) is 9.59 Å². The molecule has 0 saturated carbocycles. The Bertz CT molecular complexity index is 983. The average molecular weight is 493 g/mol. The summed E-state index contributed by atoms with van der Waals surface area (Å²) < 4.78 is 10.8. The van der Waals surface area contributed by atoms with Crippen LogP contribution in [0.25, 0.3) is 0 Å². The Labute approximate surface area is 205 Å². The van der Waals surface area contributed by atoms with E-state index in [1.54, 1.807) is 17.0 Å². The fraction of sp³-hybridized carbons (Fsp3) is 0.440. The normalized spacial score (nSPS) is 13.0. The third kappa shape index (κ3) is 6.78. The first-order valence-corrected chi connectivity index (χ1v) is 12.1. The Hall–Kier alpha value is -2.44. The number of rotatable bonds is 11. The fourth-order valence-electron chi connectivity index (χ4n) is 3.75. The number of nitrogens with zero attached hydrogens (tertiary/aromatic N) is 1. The number of fused-ring (bicyclic) bond motifs is 1. The lowest BCUT2D eigenvalue weighted by molar-refractivity contribution is -0.141. The zero-order valence-electron chi connectivity index (χ0n) is 19.0. The van der Waals surface area contributed by atoms with Crippen LogP contribution in [0.4, 0.5) is 0 Å². The van der Waals surface area contributed by atoms with E-state index < -0.39 is 6.04 Å². The molecule has 1 aliphatic rings. The minimum atomic E-state index is -0.569. The van der Waals surface area contributed by atoms with Crippen LogP contribution in [0.3, 0.4) is 0 Å². The van der Waals surface area contributed by atoms with Crippen LogP contribution in [0.15, 0.2) is 36.4 Å². The van der Waals surface area contributed by atoms with E-state index in [1.807, 2.05) is 31.2 Å². The van der Waals surface area contributed by atoms with E-state index in [-0.39, 0.29) is 31.6 Å². The molecule has 1 heterocycles. The van der Waals surface area contributed by atoms with Crippen molar-refractivity contribution in [1.82, 2.24) is 10.2 Å². The number of unbranched alkanes of at least 4 members (excludes halogenated alkanes) is 1. The number of ether oxygens (including phenoxy) is 2. The van der Waals surface area contributed by atoms with Crippen molar-refractivity contribution in [3.05, 3.63) is 57.6 Å². The van der Waals surface area contributed by atoms with Crippen molar-refractivity contribution < 1.29 is 19.1 Å². The number of halogens is 2. The lowest BCUT2D eigenvalue weighted by Gasteiger charge is -2.31. The first kappa shape index (κ1) is 25.2. The minimum Gasteiger partial charge on any atom is -0.454 e. The molecule has 2 aromatic rings. The van der Waals surface area contributed by atoms with Crippen molar-refractivity contribution in [3.8, 4) is 11.5 Å². The summed E-state index contributed by atoms with van der Waals surface area (Å²) in [5.41, 5.74) is 1.79. The van der Waals surface area contributed by atoms with Gasteiger partial charge in [0.25, 0.3) is 0 Å². The van der Waals surface area contributed by atoms with Crippen LogP contribution < -0.4 is 14.8 Å². The van der Waals surface area contributed by atoms with Crippen LogP contribution in [0.1, 0.15) is 50.7 Å². The van der Waals surface area contributed by atoms with E-state index in [0.717, 1.165) is 24.0 Å². The highest BCUT2D eigenvalue weighted by Crippen LogP contribution is 2.33. The SMILES string of the molecule is CCCCNC(=O)C(CC)N(Cc1ccc(Cl)c(Cl)c1)C(=O)CCc1ccc2c(c1)OCO2. The second kappa shape index (κ2) is 12.1. The number of benzene rings is 2. The molecule has 3 rings (SSSR count). The first-order chi connectivity index (χ1) is 15.9. The van der Waals surface area contributed by atoms with Gasteiger partial charge in [0.15, 0.2) is 11.5 Å². The third-order valence-corrected chi connectivity index (χ3v) is 6.36. The predicted molar refractivity (Wildman–Crippen MR) is 130 cm³/mol. The van der Waals surface area contributed by atoms with Crippen molar-refractivity contribution in [3.63, 3.8) is 0 Å². The molecule has 178 valence electrons. The number of carbonyl (C=O) groups excluding carboxylic acids is 2. The number of hydrogen-bond acceptors (Lipinski definition) is 4. The maximum atomic E-state index is 13.4. The van der Waals surface area contributed by atoms with Gasteiger partial charge in [-0.15, -0.1) is 0 Å². The van der Waals surface area contributed by atoms with Crippen molar-refractivity contribution >= 4 is 35.0 Å². The largest absolute Gasteiger partial charge is 0.454 e. The van der Waals surface area contributed by atoms with Gasteiger partial charge < -0.3 is 19.7 Å². The molecule has 33 heavy (non-hydrogen) atoms. The number of carbonyl (C=O) groups is 2. The predicted octanol–water partition coefficient (Wildman–Crippen LogP) is 5.38. The molecule has 0 radical (unpaired) electrons. The molecule has 1 unspecified atom stereocenters. The summed E-state index contributed by atoms with van der Waals surface area (Å²) in [5, 5.41) is 3.84. The van der Waals surface area contributed by atoms with Crippen LogP contribution in [-0.2, 0) is 22.6 Å². The summed E-state index contributed by atoms with van der Waals surface area (Å²) in [4.78, 5) is 27.9. The summed E-state index contributed by atoms with van der Waals surface area (Å²) in [6, 6.07) is 10.4. The molecule has 0 saturated heterocycles. The minimum absolute atomic E-state index is 0.101. The molecule has 2 amide bonds. The maximum Gasteiger partial charge on any atom is 0.242 e. The highest BCUT2D eigenvalue weighted by Gasteiger charge is 2.28. The highest BCUT2D eigenvalue weighted by molar-refractivity contribution is 6.42. The van der Waals surface area contributed by atoms with Gasteiger partial charge in [0.2, 0.25) is 18.6 Å². The standard InChI is InChI=1S/C25H30Cl2N2O4/c1-3-5-12-28-25(31)21(4-2)29(15-18-6-9-19(26)20(27)13-18)24(30)11-8-17-7-10-22-23(14-17)33-16-32-22/h6-7,9-10,13-14,21H,3-5,8,11-12,15-16H2,1-2H3,(H,28,31). The number of aryl methyl sites for hydroxylation is 1. The van der Waals surface area contributed by atoms with E-state index in [2.05, 4.69) is 12.2 Å². The lowest BCUT2D eigenvalue weighted by atomic mass is 10.1. The molecule has 1 N–H and O–H groups in total. The summed E-state index contributed by atoms with van der Waals surface area (Å²) in [6.45, 7) is 5.06. The zero-order valence-corrected chi connectivity index (χ0v) is 20.5. The van der Waals surface area contributed by atoms with Gasteiger partial charge in [-0.1, -0.05) is 55.6 Å². The Morgan fingerprint density at radius 1 is 1.03 bits per heavy atom. The Morgan fingerprint density at radius 3 is 2.52 bits per heavy atom. The molecule has 0 aliphatic carbocycles. The van der Waals surface area contributed by atoms with Crippen LogP contribution in [0.5, 0.6) is 11.5 Å². The second-order valence-electron chi connectivity index (χ2n) is 8.03. The molecule has 0 spiro atoms. The summed E-state index contributed by atoms with van der Waals surface area (Å²) in [6.07, 6.45) is 3.18. The molecule has 0 aromatic heterocycles. The molecule has 6 nitrogen and oxygen atoms in total. The quantitative estimate of drug-likeness (QED) is 0.427. The Morgan fingerprint density at radius 2 is 1.79 bits per heavy atom. The highest BCUT2D eigenvalue weighted by atomic mass is 35.5. The van der Waals surface area contributed by atoms with Crippen LogP contribution in [-0.4, -0.2) is 36.1 Å². The number of hydrogen-bond donors (Lipinski definition) is 1. The van der Waals surface area contributed by atoms with Crippen molar-refractivity contribution in [1.29, 1.82) is 0 Å². The van der Waals surface area contributed by atoms with Crippen LogP contribution in [0, 0.1) is 0 Å². The summed E-state index contributed by atoms with van der Waals surface area (Å²) >= 11 is 12.2. The van der Waals surface area contributed by atoms with Crippen molar-refractivity contribution in [2.45, 2.75) is 58.5 Å². The van der Waals surface area contributed by atoms with E-state index >= 15 is 0 Å². The third-order valence-electron chi connectivity index (χ3n) is 5.62. The molecule has 2 aromatic carbocycles. The van der Waals surface area contributed by atoms with E-state index in [0.29, 0.717) is 40.9 Å². The van der Waals surface area contributed by atoms with Gasteiger partial charge in [-0.05, 0) is 54.7 Å².